The molecule has 0 aliphatic carbocycles. The number of hydrogen-bond donors (Lipinski definition) is 1. The number of benzene rings is 2. The van der Waals surface area contributed by atoms with E-state index in [-0.39, 0.29) is 13.1 Å². The van der Waals surface area contributed by atoms with Gasteiger partial charge < -0.3 is 5.11 Å². The Morgan fingerprint density at radius 2 is 1.36 bits per heavy atom. The fourth-order valence-corrected chi connectivity index (χ4v) is 6.75. The van der Waals surface area contributed by atoms with Crippen molar-refractivity contribution in [3.8, 4) is 11.1 Å². The van der Waals surface area contributed by atoms with Gasteiger partial charge in [-0.1, -0.05) is 42.5 Å². The number of nitrogens with zero attached hydrogens (tertiary/aromatic N) is 2. The number of fused-ring (bicyclic) bond motifs is 2. The molecule has 1 N–H and O–H groups in total. The molecule has 2 unspecified atom stereocenters. The molecule has 15 heteroatoms. The molecule has 5 nitrogen and oxygen atoms in total. The minimum atomic E-state index is -5.99. The van der Waals surface area contributed by atoms with Crippen molar-refractivity contribution in [2.75, 3.05) is 13.1 Å². The van der Waals surface area contributed by atoms with Crippen molar-refractivity contribution in [3.63, 3.8) is 0 Å². The first-order valence-corrected chi connectivity index (χ1v) is 13.1. The van der Waals surface area contributed by atoms with Gasteiger partial charge in [0.1, 0.15) is 0 Å². The number of alkyl halides is 9. The third-order valence-corrected chi connectivity index (χ3v) is 8.93. The van der Waals surface area contributed by atoms with Crippen LogP contribution < -0.4 is 0 Å². The van der Waals surface area contributed by atoms with E-state index >= 15 is 0 Å². The van der Waals surface area contributed by atoms with Crippen LogP contribution in [-0.4, -0.2) is 65.8 Å². The lowest BCUT2D eigenvalue weighted by atomic mass is 9.90. The van der Waals surface area contributed by atoms with Gasteiger partial charge in [0, 0.05) is 37.3 Å². The zero-order valence-electron chi connectivity index (χ0n) is 20.2. The van der Waals surface area contributed by atoms with Gasteiger partial charge in [0.2, 0.25) is 0 Å². The first-order valence-electron chi connectivity index (χ1n) is 11.7. The molecular formula is C24H23F9N2O3S. The zero-order valence-corrected chi connectivity index (χ0v) is 21.0. The lowest BCUT2D eigenvalue weighted by molar-refractivity contribution is -0.376. The molecular weight excluding hydrogens is 567 g/mol. The van der Waals surface area contributed by atoms with Crippen LogP contribution in [0.2, 0.25) is 0 Å². The van der Waals surface area contributed by atoms with Crippen molar-refractivity contribution in [2.24, 2.45) is 0 Å². The summed E-state index contributed by atoms with van der Waals surface area (Å²) in [5.41, 5.74) is -9.60. The van der Waals surface area contributed by atoms with Crippen molar-refractivity contribution < 1.29 is 53.0 Å². The van der Waals surface area contributed by atoms with E-state index in [4.69, 9.17) is 0 Å². The van der Waals surface area contributed by atoms with E-state index in [0.29, 0.717) is 52.5 Å². The van der Waals surface area contributed by atoms with E-state index in [0.717, 1.165) is 17.7 Å². The number of likely N-dealkylation sites (tertiary alicyclic amines) is 1. The summed E-state index contributed by atoms with van der Waals surface area (Å²) in [4.78, 5) is 1.85. The van der Waals surface area contributed by atoms with Crippen molar-refractivity contribution in [1.82, 2.24) is 9.21 Å². The van der Waals surface area contributed by atoms with Gasteiger partial charge >= 0.3 is 27.9 Å². The van der Waals surface area contributed by atoms with Crippen LogP contribution in [0, 0.1) is 6.92 Å². The molecule has 216 valence electrons. The first-order chi connectivity index (χ1) is 17.8. The number of rotatable bonds is 5. The highest BCUT2D eigenvalue weighted by molar-refractivity contribution is 7.90. The van der Waals surface area contributed by atoms with Gasteiger partial charge in [-0.3, -0.25) is 4.90 Å². The molecule has 0 amide bonds. The molecule has 4 rings (SSSR count). The third-order valence-electron chi connectivity index (χ3n) is 7.19. The van der Waals surface area contributed by atoms with Crippen LogP contribution in [0.15, 0.2) is 42.5 Å². The quantitative estimate of drug-likeness (QED) is 0.470. The first kappa shape index (κ1) is 29.6. The second-order valence-corrected chi connectivity index (χ2v) is 11.6. The molecule has 2 fully saturated rings. The van der Waals surface area contributed by atoms with Gasteiger partial charge in [-0.05, 0) is 42.0 Å². The molecule has 2 heterocycles. The van der Waals surface area contributed by atoms with E-state index in [1.165, 1.54) is 0 Å². The second kappa shape index (κ2) is 9.63. The standard InChI is InChI=1S/C24H23F9N2O3S/c1-14-10-15(11-34-12-18-7-8-19(13-34)35(18)39(37,38)24(31,32)33)2-9-20(14)16-3-5-17(6-4-16)21(36,22(25,26)27)23(28,29)30/h2-6,9-10,18-19,36H,7-8,11-13H2,1H3. The number of aliphatic hydroxyl groups is 1. The Morgan fingerprint density at radius 3 is 1.79 bits per heavy atom. The third kappa shape index (κ3) is 5.13. The average Bonchev–Trinajstić information content (AvgIpc) is 3.08. The van der Waals surface area contributed by atoms with Gasteiger partial charge in [0.25, 0.3) is 5.60 Å². The molecule has 0 radical (unpaired) electrons. The summed E-state index contributed by atoms with van der Waals surface area (Å²) in [5.74, 6) is 0. The van der Waals surface area contributed by atoms with Gasteiger partial charge in [-0.25, -0.2) is 8.42 Å². The van der Waals surface area contributed by atoms with Crippen LogP contribution in [0.1, 0.15) is 29.5 Å². The summed E-state index contributed by atoms with van der Waals surface area (Å²) in [6.07, 6.45) is -11.4. The lowest BCUT2D eigenvalue weighted by Crippen LogP contribution is -2.57. The maximum atomic E-state index is 13.1. The van der Waals surface area contributed by atoms with Crippen molar-refractivity contribution in [1.29, 1.82) is 0 Å². The van der Waals surface area contributed by atoms with Crippen LogP contribution in [0.5, 0.6) is 0 Å². The Hall–Kier alpha value is -2.36. The Balaban J connectivity index is 1.50. The molecule has 2 aromatic carbocycles. The fraction of sp³-hybridized carbons (Fsp3) is 0.500. The highest BCUT2D eigenvalue weighted by atomic mass is 32.2. The average molecular weight is 591 g/mol. The highest BCUT2D eigenvalue weighted by Gasteiger charge is 2.71. The summed E-state index contributed by atoms with van der Waals surface area (Å²) in [5, 5.41) is 9.56. The van der Waals surface area contributed by atoms with Crippen LogP contribution in [0.4, 0.5) is 39.5 Å². The molecule has 2 atom stereocenters. The van der Waals surface area contributed by atoms with Crippen LogP contribution in [0.3, 0.4) is 0 Å². The number of halogens is 9. The monoisotopic (exact) mass is 590 g/mol. The molecule has 0 spiro atoms. The summed E-state index contributed by atoms with van der Waals surface area (Å²) in [7, 11) is -5.44. The second-order valence-electron chi connectivity index (χ2n) is 9.79. The summed E-state index contributed by atoms with van der Waals surface area (Å²) >= 11 is 0. The minimum Gasteiger partial charge on any atom is -0.369 e. The Morgan fingerprint density at radius 1 is 0.846 bits per heavy atom. The van der Waals surface area contributed by atoms with E-state index in [2.05, 4.69) is 0 Å². The van der Waals surface area contributed by atoms with Crippen LogP contribution >= 0.6 is 0 Å². The summed E-state index contributed by atoms with van der Waals surface area (Å²) in [6, 6.07) is 6.60. The van der Waals surface area contributed by atoms with Gasteiger partial charge in [-0.15, -0.1) is 0 Å². The predicted octanol–water partition coefficient (Wildman–Crippen LogP) is 5.47. The normalized spacial score (nSPS) is 21.9. The minimum absolute atomic E-state index is 0.107. The maximum absolute atomic E-state index is 13.1. The van der Waals surface area contributed by atoms with Crippen molar-refractivity contribution >= 4 is 10.0 Å². The van der Waals surface area contributed by atoms with Crippen molar-refractivity contribution in [3.05, 3.63) is 59.2 Å². The molecule has 2 saturated heterocycles. The van der Waals surface area contributed by atoms with Gasteiger partial charge in [0.05, 0.1) is 0 Å². The van der Waals surface area contributed by atoms with E-state index in [1.807, 2.05) is 4.90 Å². The number of aryl methyl sites for hydroxylation is 1. The van der Waals surface area contributed by atoms with Crippen LogP contribution in [-0.2, 0) is 22.2 Å². The Bertz CT molecular complexity index is 1290. The molecule has 0 aromatic heterocycles. The largest absolute Gasteiger partial charge is 0.511 e. The number of piperazine rings is 1. The van der Waals surface area contributed by atoms with Crippen molar-refractivity contribution in [2.45, 2.75) is 61.9 Å². The molecule has 39 heavy (non-hydrogen) atoms. The highest BCUT2D eigenvalue weighted by Crippen LogP contribution is 2.50. The lowest BCUT2D eigenvalue weighted by Gasteiger charge is -2.40. The summed E-state index contributed by atoms with van der Waals surface area (Å²) < 4.78 is 143. The maximum Gasteiger partial charge on any atom is 0.511 e. The fourth-order valence-electron chi connectivity index (χ4n) is 5.38. The molecule has 0 saturated carbocycles. The van der Waals surface area contributed by atoms with E-state index < -0.39 is 51.1 Å². The van der Waals surface area contributed by atoms with Gasteiger partial charge in [0.15, 0.2) is 0 Å². The van der Waals surface area contributed by atoms with E-state index in [9.17, 15) is 53.0 Å². The van der Waals surface area contributed by atoms with Crippen LogP contribution in [0.25, 0.3) is 11.1 Å². The SMILES string of the molecule is Cc1cc(CN2CC3CCC(C2)N3S(=O)(=O)C(F)(F)F)ccc1-c1ccc(C(O)(C(F)(F)F)C(F)(F)F)cc1. The smallest absolute Gasteiger partial charge is 0.369 e. The summed E-state index contributed by atoms with van der Waals surface area (Å²) in [6.45, 7) is 2.19. The molecule has 2 bridgehead atoms. The van der Waals surface area contributed by atoms with Gasteiger partial charge in [-0.2, -0.15) is 43.8 Å². The zero-order chi connectivity index (χ0) is 29.2. The Labute approximate surface area is 217 Å². The number of hydrogen-bond acceptors (Lipinski definition) is 4. The molecule has 2 aromatic rings. The topological polar surface area (TPSA) is 60.9 Å². The van der Waals surface area contributed by atoms with E-state index in [1.54, 1.807) is 25.1 Å². The predicted molar refractivity (Wildman–Crippen MR) is 122 cm³/mol. The molecule has 2 aliphatic rings. The Kier molecular flexibility index (Phi) is 7.31. The molecule has 2 aliphatic heterocycles. The number of sulfonamides is 1.